The van der Waals surface area contributed by atoms with E-state index in [1.165, 1.54) is 12.1 Å². The molecule has 0 bridgehead atoms. The Morgan fingerprint density at radius 3 is 2.53 bits per heavy atom. The Kier molecular flexibility index (Phi) is 6.18. The van der Waals surface area contributed by atoms with Crippen molar-refractivity contribution in [2.45, 2.75) is 25.7 Å². The highest BCUT2D eigenvalue weighted by molar-refractivity contribution is 5.90. The summed E-state index contributed by atoms with van der Waals surface area (Å²) in [4.78, 5) is 15.3. The van der Waals surface area contributed by atoms with Crippen molar-refractivity contribution < 1.29 is 22.7 Å². The Labute approximate surface area is 206 Å². The number of carbonyl (C=O) groups is 1. The minimum Gasteiger partial charge on any atom is -0.494 e. The number of rotatable bonds is 4. The van der Waals surface area contributed by atoms with E-state index in [0.29, 0.717) is 12.4 Å². The number of anilines is 1. The van der Waals surface area contributed by atoms with E-state index in [0.717, 1.165) is 34.6 Å². The SMILES string of the molecule is CCOc1ccc(C2c3cccn3-c3ccccc3CN2C(=O)Nc2cccc(C(F)(F)F)c2)cc1. The van der Waals surface area contributed by atoms with Crippen LogP contribution in [0.15, 0.2) is 91.1 Å². The van der Waals surface area contributed by atoms with Gasteiger partial charge < -0.3 is 19.5 Å². The normalized spacial score (nSPS) is 15.0. The van der Waals surface area contributed by atoms with Crippen LogP contribution in [0, 0.1) is 0 Å². The van der Waals surface area contributed by atoms with Crippen molar-refractivity contribution in [2.75, 3.05) is 11.9 Å². The molecule has 5 nitrogen and oxygen atoms in total. The van der Waals surface area contributed by atoms with Crippen LogP contribution in [-0.2, 0) is 12.7 Å². The Balaban J connectivity index is 1.57. The molecule has 1 N–H and O–H groups in total. The third-order valence-corrected chi connectivity index (χ3v) is 6.17. The van der Waals surface area contributed by atoms with Crippen LogP contribution in [0.1, 0.15) is 35.3 Å². The number of aromatic nitrogens is 1. The average molecular weight is 492 g/mol. The van der Waals surface area contributed by atoms with Gasteiger partial charge in [-0.05, 0) is 66.6 Å². The van der Waals surface area contributed by atoms with E-state index in [4.69, 9.17) is 4.74 Å². The highest BCUT2D eigenvalue weighted by Crippen LogP contribution is 2.38. The highest BCUT2D eigenvalue weighted by atomic mass is 19.4. The predicted molar refractivity (Wildman–Crippen MR) is 131 cm³/mol. The first kappa shape index (κ1) is 23.5. The topological polar surface area (TPSA) is 46.5 Å². The smallest absolute Gasteiger partial charge is 0.416 e. The zero-order valence-electron chi connectivity index (χ0n) is 19.5. The molecule has 1 atom stereocenters. The first-order chi connectivity index (χ1) is 17.3. The third-order valence-electron chi connectivity index (χ3n) is 6.17. The van der Waals surface area contributed by atoms with Gasteiger partial charge in [-0.3, -0.25) is 0 Å². The van der Waals surface area contributed by atoms with E-state index in [1.807, 2.05) is 78.4 Å². The molecule has 1 aliphatic heterocycles. The molecule has 3 aromatic carbocycles. The van der Waals surface area contributed by atoms with Crippen LogP contribution >= 0.6 is 0 Å². The largest absolute Gasteiger partial charge is 0.494 e. The van der Waals surface area contributed by atoms with Gasteiger partial charge in [-0.25, -0.2) is 4.79 Å². The summed E-state index contributed by atoms with van der Waals surface area (Å²) in [5.41, 5.74) is 2.84. The first-order valence-electron chi connectivity index (χ1n) is 11.6. The lowest BCUT2D eigenvalue weighted by Gasteiger charge is -2.31. The number of urea groups is 1. The second kappa shape index (κ2) is 9.45. The number of amides is 2. The quantitative estimate of drug-likeness (QED) is 0.333. The summed E-state index contributed by atoms with van der Waals surface area (Å²) in [5.74, 6) is 0.716. The number of fused-ring (bicyclic) bond motifs is 3. The lowest BCUT2D eigenvalue weighted by Crippen LogP contribution is -2.38. The number of hydrogen-bond donors (Lipinski definition) is 1. The predicted octanol–water partition coefficient (Wildman–Crippen LogP) is 7.03. The molecule has 0 fully saturated rings. The molecule has 184 valence electrons. The molecule has 0 saturated carbocycles. The number of carbonyl (C=O) groups excluding carboxylic acids is 1. The zero-order valence-corrected chi connectivity index (χ0v) is 19.5. The lowest BCUT2D eigenvalue weighted by molar-refractivity contribution is -0.137. The number of hydrogen-bond acceptors (Lipinski definition) is 2. The second-order valence-corrected chi connectivity index (χ2v) is 8.47. The third kappa shape index (κ3) is 4.54. The number of ether oxygens (including phenoxy) is 1. The van der Waals surface area contributed by atoms with E-state index < -0.39 is 23.8 Å². The Morgan fingerprint density at radius 2 is 1.78 bits per heavy atom. The molecule has 0 saturated heterocycles. The van der Waals surface area contributed by atoms with E-state index in [9.17, 15) is 18.0 Å². The number of halogens is 3. The summed E-state index contributed by atoms with van der Waals surface area (Å²) in [6, 6.07) is 22.8. The minimum absolute atomic E-state index is 0.0770. The Hall–Kier alpha value is -4.20. The molecule has 0 aliphatic carbocycles. The molecule has 4 aromatic rings. The monoisotopic (exact) mass is 491 g/mol. The molecule has 2 amide bonds. The second-order valence-electron chi connectivity index (χ2n) is 8.47. The van der Waals surface area contributed by atoms with Crippen LogP contribution in [0.3, 0.4) is 0 Å². The summed E-state index contributed by atoms with van der Waals surface area (Å²) in [7, 11) is 0. The number of nitrogens with one attached hydrogen (secondary N) is 1. The molecule has 1 aromatic heterocycles. The van der Waals surface area contributed by atoms with E-state index in [-0.39, 0.29) is 12.2 Å². The zero-order chi connectivity index (χ0) is 25.3. The van der Waals surface area contributed by atoms with Gasteiger partial charge in [0.1, 0.15) is 5.75 Å². The van der Waals surface area contributed by atoms with Crippen molar-refractivity contribution in [3.05, 3.63) is 114 Å². The molecule has 5 rings (SSSR count). The van der Waals surface area contributed by atoms with Gasteiger partial charge in [-0.1, -0.05) is 36.4 Å². The number of nitrogens with zero attached hydrogens (tertiary/aromatic N) is 2. The van der Waals surface area contributed by atoms with Gasteiger partial charge in [0.25, 0.3) is 0 Å². The fourth-order valence-corrected chi connectivity index (χ4v) is 4.57. The van der Waals surface area contributed by atoms with Crippen LogP contribution < -0.4 is 10.1 Å². The maximum absolute atomic E-state index is 13.7. The highest BCUT2D eigenvalue weighted by Gasteiger charge is 2.34. The van der Waals surface area contributed by atoms with Gasteiger partial charge in [0, 0.05) is 17.6 Å². The molecular weight excluding hydrogens is 467 g/mol. The maximum atomic E-state index is 13.7. The van der Waals surface area contributed by atoms with Gasteiger partial charge in [-0.2, -0.15) is 13.2 Å². The van der Waals surface area contributed by atoms with Gasteiger partial charge in [-0.15, -0.1) is 0 Å². The van der Waals surface area contributed by atoms with Crippen LogP contribution in [0.25, 0.3) is 5.69 Å². The van der Waals surface area contributed by atoms with Crippen molar-refractivity contribution in [3.63, 3.8) is 0 Å². The summed E-state index contributed by atoms with van der Waals surface area (Å²) in [6.45, 7) is 2.70. The van der Waals surface area contributed by atoms with Gasteiger partial charge >= 0.3 is 12.2 Å². The van der Waals surface area contributed by atoms with E-state index in [2.05, 4.69) is 5.32 Å². The van der Waals surface area contributed by atoms with Crippen molar-refractivity contribution in [1.29, 1.82) is 0 Å². The standard InChI is InChI=1S/C28H24F3N3O2/c1-2-36-23-14-12-19(13-15-23)26-25-11-6-16-33(25)24-10-4-3-7-20(24)18-34(26)27(35)32-22-9-5-8-21(17-22)28(29,30)31/h3-17,26H,2,18H2,1H3,(H,32,35). The van der Waals surface area contributed by atoms with Crippen LogP contribution in [0.4, 0.5) is 23.7 Å². The van der Waals surface area contributed by atoms with Crippen molar-refractivity contribution in [1.82, 2.24) is 9.47 Å². The molecule has 0 radical (unpaired) electrons. The maximum Gasteiger partial charge on any atom is 0.416 e. The molecule has 0 spiro atoms. The average Bonchev–Trinajstić information content (AvgIpc) is 3.29. The fourth-order valence-electron chi connectivity index (χ4n) is 4.57. The van der Waals surface area contributed by atoms with Crippen LogP contribution in [-0.4, -0.2) is 22.1 Å². The molecule has 1 unspecified atom stereocenters. The Bertz CT molecular complexity index is 1380. The number of alkyl halides is 3. The molecule has 1 aliphatic rings. The van der Waals surface area contributed by atoms with E-state index >= 15 is 0 Å². The molecule has 36 heavy (non-hydrogen) atoms. The molecular formula is C28H24F3N3O2. The van der Waals surface area contributed by atoms with Gasteiger partial charge in [0.15, 0.2) is 0 Å². The van der Waals surface area contributed by atoms with Crippen molar-refractivity contribution in [3.8, 4) is 11.4 Å². The summed E-state index contributed by atoms with van der Waals surface area (Å²) >= 11 is 0. The van der Waals surface area contributed by atoms with E-state index in [1.54, 1.807) is 4.90 Å². The Morgan fingerprint density at radius 1 is 1.00 bits per heavy atom. The van der Waals surface area contributed by atoms with Gasteiger partial charge in [0.05, 0.1) is 30.4 Å². The molecule has 8 heteroatoms. The van der Waals surface area contributed by atoms with Crippen LogP contribution in [0.2, 0.25) is 0 Å². The number of para-hydroxylation sites is 1. The lowest BCUT2D eigenvalue weighted by atomic mass is 10.0. The van der Waals surface area contributed by atoms with Crippen LogP contribution in [0.5, 0.6) is 5.75 Å². The van der Waals surface area contributed by atoms with Gasteiger partial charge in [0.2, 0.25) is 0 Å². The summed E-state index contributed by atoms with van der Waals surface area (Å²) in [5, 5.41) is 2.69. The first-order valence-corrected chi connectivity index (χ1v) is 11.6. The summed E-state index contributed by atoms with van der Waals surface area (Å²) < 4.78 is 47.4. The van der Waals surface area contributed by atoms with Crippen molar-refractivity contribution >= 4 is 11.7 Å². The van der Waals surface area contributed by atoms with Crippen molar-refractivity contribution in [2.24, 2.45) is 0 Å². The minimum atomic E-state index is -4.51. The number of benzene rings is 3. The summed E-state index contributed by atoms with van der Waals surface area (Å²) in [6.07, 6.45) is -2.56. The fraction of sp³-hybridized carbons (Fsp3) is 0.179. The molecule has 2 heterocycles.